The molecule has 8 nitrogen and oxygen atoms in total. The van der Waals surface area contributed by atoms with E-state index >= 15 is 0 Å². The van der Waals surface area contributed by atoms with Crippen LogP contribution in [0.15, 0.2) is 34.4 Å². The first kappa shape index (κ1) is 21.5. The molecule has 0 fully saturated rings. The summed E-state index contributed by atoms with van der Waals surface area (Å²) >= 11 is 1.18. The van der Waals surface area contributed by atoms with E-state index < -0.39 is 11.5 Å². The van der Waals surface area contributed by atoms with Crippen LogP contribution in [0.1, 0.15) is 43.6 Å². The Balaban J connectivity index is 2.20. The molecule has 0 aliphatic heterocycles. The molecule has 0 radical (unpaired) electrons. The summed E-state index contributed by atoms with van der Waals surface area (Å²) in [5.41, 5.74) is -0.000761. The van der Waals surface area contributed by atoms with E-state index in [1.165, 1.54) is 18.4 Å². The van der Waals surface area contributed by atoms with Crippen LogP contribution in [0.3, 0.4) is 0 Å². The first-order valence-corrected chi connectivity index (χ1v) is 10.5. The molecular weight excluding hydrogens is 406 g/mol. The number of rotatable bonds is 8. The van der Waals surface area contributed by atoms with Crippen molar-refractivity contribution in [2.45, 2.75) is 33.1 Å². The quantitative estimate of drug-likeness (QED) is 0.547. The number of nitrogens with one attached hydrogen (secondary N) is 1. The van der Waals surface area contributed by atoms with Gasteiger partial charge in [0.1, 0.15) is 10.8 Å². The largest absolute Gasteiger partial charge is 0.497 e. The molecule has 30 heavy (non-hydrogen) atoms. The molecule has 0 bridgehead atoms. The Morgan fingerprint density at radius 1 is 1.27 bits per heavy atom. The lowest BCUT2D eigenvalue weighted by Crippen LogP contribution is -2.25. The fourth-order valence-corrected chi connectivity index (χ4v) is 3.89. The molecule has 3 rings (SSSR count). The number of carbonyl (C=O) groups is 2. The zero-order valence-corrected chi connectivity index (χ0v) is 17.9. The Labute approximate surface area is 177 Å². The van der Waals surface area contributed by atoms with Gasteiger partial charge in [-0.15, -0.1) is 11.3 Å². The fraction of sp³-hybridized carbons (Fsp3) is 0.333. The lowest BCUT2D eigenvalue weighted by molar-refractivity contribution is -0.116. The van der Waals surface area contributed by atoms with Crippen LogP contribution in [-0.4, -0.2) is 35.4 Å². The third kappa shape index (κ3) is 4.35. The standard InChI is InChI=1S/C21H23N3O5S/c1-4-6-10-16(25)22-19-17-15(12-30-19)18(21(27)29-5-2)23-24(20(17)26)13-8-7-9-14(11-13)28-3/h7-9,11-12H,4-6,10H2,1-3H3,(H,22,25). The van der Waals surface area contributed by atoms with Crippen LogP contribution < -0.4 is 15.6 Å². The van der Waals surface area contributed by atoms with Crippen molar-refractivity contribution in [3.8, 4) is 11.4 Å². The second-order valence-electron chi connectivity index (χ2n) is 6.49. The normalized spacial score (nSPS) is 10.8. The van der Waals surface area contributed by atoms with E-state index in [1.54, 1.807) is 36.6 Å². The summed E-state index contributed by atoms with van der Waals surface area (Å²) in [7, 11) is 1.52. The van der Waals surface area contributed by atoms with Crippen molar-refractivity contribution < 1.29 is 19.1 Å². The molecule has 0 saturated carbocycles. The molecule has 0 saturated heterocycles. The van der Waals surface area contributed by atoms with Gasteiger partial charge in [0.05, 0.1) is 24.8 Å². The number of nitrogens with zero attached hydrogens (tertiary/aromatic N) is 2. The maximum atomic E-state index is 13.3. The number of aromatic nitrogens is 2. The van der Waals surface area contributed by atoms with Crippen molar-refractivity contribution in [2.75, 3.05) is 19.0 Å². The number of amides is 1. The SMILES string of the molecule is CCCCC(=O)Nc1scc2c(C(=O)OCC)nn(-c3cccc(OC)c3)c(=O)c12. The molecule has 2 heterocycles. The van der Waals surface area contributed by atoms with Gasteiger partial charge >= 0.3 is 5.97 Å². The lowest BCUT2D eigenvalue weighted by Gasteiger charge is -2.10. The summed E-state index contributed by atoms with van der Waals surface area (Å²) in [5, 5.41) is 9.69. The highest BCUT2D eigenvalue weighted by molar-refractivity contribution is 7.16. The number of benzene rings is 1. The van der Waals surface area contributed by atoms with Crippen LogP contribution in [0.4, 0.5) is 5.00 Å². The zero-order valence-electron chi connectivity index (χ0n) is 17.1. The predicted octanol–water partition coefficient (Wildman–Crippen LogP) is 3.76. The van der Waals surface area contributed by atoms with Gasteiger partial charge in [-0.05, 0) is 25.5 Å². The Hall–Kier alpha value is -3.20. The van der Waals surface area contributed by atoms with Gasteiger partial charge in [0.2, 0.25) is 5.91 Å². The third-order valence-electron chi connectivity index (χ3n) is 4.43. The van der Waals surface area contributed by atoms with E-state index in [0.29, 0.717) is 28.2 Å². The number of anilines is 1. The van der Waals surface area contributed by atoms with E-state index in [9.17, 15) is 14.4 Å². The molecule has 0 aliphatic carbocycles. The van der Waals surface area contributed by atoms with E-state index in [-0.39, 0.29) is 23.6 Å². The number of esters is 1. The molecule has 2 aromatic heterocycles. The highest BCUT2D eigenvalue weighted by atomic mass is 32.1. The topological polar surface area (TPSA) is 99.5 Å². The molecule has 0 spiro atoms. The first-order chi connectivity index (χ1) is 14.5. The minimum Gasteiger partial charge on any atom is -0.497 e. The summed E-state index contributed by atoms with van der Waals surface area (Å²) in [6.45, 7) is 3.86. The molecule has 0 unspecified atom stereocenters. The van der Waals surface area contributed by atoms with Crippen LogP contribution in [0.25, 0.3) is 16.5 Å². The van der Waals surface area contributed by atoms with Crippen molar-refractivity contribution in [1.82, 2.24) is 9.78 Å². The van der Waals surface area contributed by atoms with Gasteiger partial charge in [0.25, 0.3) is 5.56 Å². The van der Waals surface area contributed by atoms with E-state index in [1.807, 2.05) is 6.92 Å². The number of thiophene rings is 1. The first-order valence-electron chi connectivity index (χ1n) is 9.66. The molecular formula is C21H23N3O5S. The van der Waals surface area contributed by atoms with Crippen molar-refractivity contribution >= 4 is 39.0 Å². The molecule has 158 valence electrons. The van der Waals surface area contributed by atoms with Crippen LogP contribution in [0.5, 0.6) is 5.75 Å². The lowest BCUT2D eigenvalue weighted by atomic mass is 10.2. The number of carbonyl (C=O) groups excluding carboxylic acids is 2. The van der Waals surface area contributed by atoms with Crippen LogP contribution in [0, 0.1) is 0 Å². The monoisotopic (exact) mass is 429 g/mol. The van der Waals surface area contributed by atoms with Crippen molar-refractivity contribution in [3.05, 3.63) is 45.7 Å². The maximum absolute atomic E-state index is 13.3. The Morgan fingerprint density at radius 3 is 2.77 bits per heavy atom. The molecule has 1 N–H and O–H groups in total. The number of methoxy groups -OCH3 is 1. The summed E-state index contributed by atoms with van der Waals surface area (Å²) < 4.78 is 11.5. The van der Waals surface area contributed by atoms with E-state index in [4.69, 9.17) is 9.47 Å². The Morgan fingerprint density at radius 2 is 2.07 bits per heavy atom. The number of unbranched alkanes of at least 4 members (excludes halogenated alkanes) is 1. The highest BCUT2D eigenvalue weighted by Crippen LogP contribution is 2.31. The van der Waals surface area contributed by atoms with Crippen molar-refractivity contribution in [3.63, 3.8) is 0 Å². The molecule has 0 aliphatic rings. The van der Waals surface area contributed by atoms with Crippen molar-refractivity contribution in [1.29, 1.82) is 0 Å². The number of hydrogen-bond donors (Lipinski definition) is 1. The summed E-state index contributed by atoms with van der Waals surface area (Å²) in [5.74, 6) is -0.277. The minimum atomic E-state index is -0.638. The van der Waals surface area contributed by atoms with Crippen LogP contribution in [0.2, 0.25) is 0 Å². The van der Waals surface area contributed by atoms with Crippen molar-refractivity contribution in [2.24, 2.45) is 0 Å². The molecule has 0 atom stereocenters. The molecule has 9 heteroatoms. The van der Waals surface area contributed by atoms with E-state index in [2.05, 4.69) is 10.4 Å². The van der Waals surface area contributed by atoms with Gasteiger partial charge in [-0.1, -0.05) is 19.4 Å². The Bertz CT molecular complexity index is 1140. The van der Waals surface area contributed by atoms with Gasteiger partial charge in [0.15, 0.2) is 5.69 Å². The van der Waals surface area contributed by atoms with Crippen LogP contribution in [-0.2, 0) is 9.53 Å². The molecule has 1 amide bonds. The van der Waals surface area contributed by atoms with Gasteiger partial charge in [-0.3, -0.25) is 9.59 Å². The fourth-order valence-electron chi connectivity index (χ4n) is 2.94. The molecule has 1 aromatic carbocycles. The summed E-state index contributed by atoms with van der Waals surface area (Å²) in [4.78, 5) is 38.1. The average molecular weight is 429 g/mol. The van der Waals surface area contributed by atoms with Crippen LogP contribution >= 0.6 is 11.3 Å². The number of hydrogen-bond acceptors (Lipinski definition) is 7. The minimum absolute atomic E-state index is 0.0135. The maximum Gasteiger partial charge on any atom is 0.359 e. The third-order valence-corrected chi connectivity index (χ3v) is 5.32. The second kappa shape index (κ2) is 9.53. The second-order valence-corrected chi connectivity index (χ2v) is 7.37. The van der Waals surface area contributed by atoms with Gasteiger partial charge in [0, 0.05) is 23.3 Å². The number of ether oxygens (including phenoxy) is 2. The van der Waals surface area contributed by atoms with Gasteiger partial charge in [-0.2, -0.15) is 9.78 Å². The summed E-state index contributed by atoms with van der Waals surface area (Å²) in [6.07, 6.45) is 1.99. The van der Waals surface area contributed by atoms with Gasteiger partial charge in [-0.25, -0.2) is 4.79 Å². The van der Waals surface area contributed by atoms with E-state index in [0.717, 1.165) is 17.5 Å². The summed E-state index contributed by atoms with van der Waals surface area (Å²) in [6, 6.07) is 6.78. The van der Waals surface area contributed by atoms with Gasteiger partial charge < -0.3 is 14.8 Å². The molecule has 3 aromatic rings. The zero-order chi connectivity index (χ0) is 21.7. The highest BCUT2D eigenvalue weighted by Gasteiger charge is 2.23. The number of fused-ring (bicyclic) bond motifs is 1. The average Bonchev–Trinajstić information content (AvgIpc) is 3.16. The predicted molar refractivity (Wildman–Crippen MR) is 116 cm³/mol. The smallest absolute Gasteiger partial charge is 0.359 e. The Kier molecular flexibility index (Phi) is 6.83.